The lowest BCUT2D eigenvalue weighted by atomic mass is 9.95. The lowest BCUT2D eigenvalue weighted by molar-refractivity contribution is -0.130. The highest BCUT2D eigenvalue weighted by Crippen LogP contribution is 2.18. The first-order chi connectivity index (χ1) is 14.6. The second-order valence-electron chi connectivity index (χ2n) is 7.28. The van der Waals surface area contributed by atoms with Gasteiger partial charge in [-0.05, 0) is 42.0 Å². The summed E-state index contributed by atoms with van der Waals surface area (Å²) in [6.45, 7) is 1.01. The maximum Gasteiger partial charge on any atom is 0.242 e. The van der Waals surface area contributed by atoms with Crippen LogP contribution in [0.2, 0.25) is 0 Å². The molecule has 168 valence electrons. The molecular formula is C23H30ClN3O3S. The fraction of sp³-hybridized carbons (Fsp3) is 0.391. The molecule has 2 amide bonds. The largest absolute Gasteiger partial charge is 0.496 e. The number of carbonyl (C=O) groups excluding carboxylic acids is 2. The number of thioether (sulfide) groups is 1. The number of para-hydroxylation sites is 1. The van der Waals surface area contributed by atoms with Crippen LogP contribution in [-0.2, 0) is 29.1 Å². The molecule has 3 rings (SSSR count). The van der Waals surface area contributed by atoms with Gasteiger partial charge in [-0.2, -0.15) is 11.8 Å². The molecule has 2 atom stereocenters. The molecule has 1 heterocycles. The van der Waals surface area contributed by atoms with Gasteiger partial charge in [-0.25, -0.2) is 0 Å². The van der Waals surface area contributed by atoms with E-state index in [0.29, 0.717) is 25.9 Å². The normalized spacial score (nSPS) is 15.7. The molecule has 0 unspecified atom stereocenters. The number of ether oxygens (including phenoxy) is 1. The van der Waals surface area contributed by atoms with Crippen molar-refractivity contribution < 1.29 is 14.3 Å². The van der Waals surface area contributed by atoms with Crippen molar-refractivity contribution in [2.24, 2.45) is 0 Å². The van der Waals surface area contributed by atoms with Crippen LogP contribution in [-0.4, -0.2) is 43.0 Å². The van der Waals surface area contributed by atoms with Gasteiger partial charge in [0.15, 0.2) is 0 Å². The van der Waals surface area contributed by atoms with Crippen LogP contribution in [0.15, 0.2) is 48.5 Å². The molecule has 31 heavy (non-hydrogen) atoms. The molecule has 6 nitrogen and oxygen atoms in total. The van der Waals surface area contributed by atoms with E-state index in [2.05, 4.69) is 28.1 Å². The van der Waals surface area contributed by atoms with Crippen LogP contribution in [0, 0.1) is 0 Å². The lowest BCUT2D eigenvalue weighted by Crippen LogP contribution is -2.54. The number of methoxy groups -OCH3 is 1. The third kappa shape index (κ3) is 6.89. The van der Waals surface area contributed by atoms with Crippen LogP contribution < -0.4 is 20.7 Å². The van der Waals surface area contributed by atoms with Gasteiger partial charge in [-0.1, -0.05) is 42.5 Å². The number of fused-ring (bicyclic) bond motifs is 1. The summed E-state index contributed by atoms with van der Waals surface area (Å²) in [6.07, 6.45) is 3.19. The molecule has 0 spiro atoms. The Morgan fingerprint density at radius 1 is 1.16 bits per heavy atom. The first-order valence-corrected chi connectivity index (χ1v) is 11.5. The topological polar surface area (TPSA) is 79.5 Å². The van der Waals surface area contributed by atoms with Crippen molar-refractivity contribution >= 4 is 36.0 Å². The molecule has 0 fully saturated rings. The van der Waals surface area contributed by atoms with Gasteiger partial charge in [0.25, 0.3) is 0 Å². The average Bonchev–Trinajstić information content (AvgIpc) is 2.79. The molecule has 1 aliphatic rings. The standard InChI is InChI=1S/C23H29N3O3S.ClH/c1-29-21-10-6-5-9-18(21)15-25-22(27)19(11-12-30-2)26-23(28)20-13-16-7-3-4-8-17(16)14-24-20;/h3-10,19-20,24H,11-15H2,1-2H3,(H,25,27)(H,26,28);1H/t19-,20-;/m0./s1. The first-order valence-electron chi connectivity index (χ1n) is 10.1. The van der Waals surface area contributed by atoms with E-state index in [1.807, 2.05) is 42.7 Å². The van der Waals surface area contributed by atoms with Crippen molar-refractivity contribution in [3.63, 3.8) is 0 Å². The second-order valence-corrected chi connectivity index (χ2v) is 8.26. The van der Waals surface area contributed by atoms with Crippen LogP contribution >= 0.6 is 24.2 Å². The molecule has 8 heteroatoms. The van der Waals surface area contributed by atoms with Crippen LogP contribution in [0.5, 0.6) is 5.75 Å². The Labute approximate surface area is 194 Å². The van der Waals surface area contributed by atoms with Crippen molar-refractivity contribution in [2.45, 2.75) is 38.0 Å². The summed E-state index contributed by atoms with van der Waals surface area (Å²) in [5, 5.41) is 9.19. The predicted octanol–water partition coefficient (Wildman–Crippen LogP) is 2.69. The van der Waals surface area contributed by atoms with Gasteiger partial charge in [-0.15, -0.1) is 12.4 Å². The fourth-order valence-corrected chi connectivity index (χ4v) is 4.04. The number of hydrogen-bond donors (Lipinski definition) is 3. The summed E-state index contributed by atoms with van der Waals surface area (Å²) in [4.78, 5) is 25.7. The van der Waals surface area contributed by atoms with E-state index < -0.39 is 6.04 Å². The molecule has 0 saturated heterocycles. The van der Waals surface area contributed by atoms with E-state index >= 15 is 0 Å². The zero-order chi connectivity index (χ0) is 21.3. The van der Waals surface area contributed by atoms with Crippen LogP contribution in [0.4, 0.5) is 0 Å². The minimum atomic E-state index is -0.571. The van der Waals surface area contributed by atoms with Crippen molar-refractivity contribution in [3.8, 4) is 5.75 Å². The second kappa shape index (κ2) is 12.6. The van der Waals surface area contributed by atoms with Crippen molar-refractivity contribution in [1.29, 1.82) is 0 Å². The predicted molar refractivity (Wildman–Crippen MR) is 128 cm³/mol. The summed E-state index contributed by atoms with van der Waals surface area (Å²) >= 11 is 1.65. The van der Waals surface area contributed by atoms with E-state index in [1.54, 1.807) is 18.9 Å². The Balaban J connectivity index is 0.00000341. The number of amides is 2. The molecule has 3 N–H and O–H groups in total. The number of rotatable bonds is 9. The Bertz CT molecular complexity index is 881. The zero-order valence-electron chi connectivity index (χ0n) is 17.9. The fourth-order valence-electron chi connectivity index (χ4n) is 3.57. The third-order valence-electron chi connectivity index (χ3n) is 5.29. The van der Waals surface area contributed by atoms with E-state index in [1.165, 1.54) is 11.1 Å². The van der Waals surface area contributed by atoms with Gasteiger partial charge >= 0.3 is 0 Å². The molecule has 2 aromatic carbocycles. The molecule has 0 bridgehead atoms. The highest BCUT2D eigenvalue weighted by atomic mass is 35.5. The lowest BCUT2D eigenvalue weighted by Gasteiger charge is -2.27. The van der Waals surface area contributed by atoms with Crippen LogP contribution in [0.3, 0.4) is 0 Å². The monoisotopic (exact) mass is 463 g/mol. The quantitative estimate of drug-likeness (QED) is 0.533. The zero-order valence-corrected chi connectivity index (χ0v) is 19.5. The SMILES string of the molecule is COc1ccccc1CNC(=O)[C@H](CCSC)NC(=O)[C@@H]1Cc2ccccc2CN1.Cl. The van der Waals surface area contributed by atoms with E-state index in [0.717, 1.165) is 17.1 Å². The highest BCUT2D eigenvalue weighted by Gasteiger charge is 2.28. The smallest absolute Gasteiger partial charge is 0.242 e. The van der Waals surface area contributed by atoms with Gasteiger partial charge in [0.1, 0.15) is 11.8 Å². The number of carbonyl (C=O) groups is 2. The Morgan fingerprint density at radius 3 is 2.61 bits per heavy atom. The molecule has 1 aliphatic heterocycles. The van der Waals surface area contributed by atoms with Gasteiger partial charge in [0, 0.05) is 18.7 Å². The maximum atomic E-state index is 12.9. The summed E-state index contributed by atoms with van der Waals surface area (Å²) in [5.41, 5.74) is 3.29. The summed E-state index contributed by atoms with van der Waals surface area (Å²) in [6, 6.07) is 14.8. The van der Waals surface area contributed by atoms with Gasteiger partial charge in [0.2, 0.25) is 11.8 Å². The Morgan fingerprint density at radius 2 is 1.87 bits per heavy atom. The number of hydrogen-bond acceptors (Lipinski definition) is 5. The van der Waals surface area contributed by atoms with E-state index in [9.17, 15) is 9.59 Å². The minimum Gasteiger partial charge on any atom is -0.496 e. The third-order valence-corrected chi connectivity index (χ3v) is 5.93. The average molecular weight is 464 g/mol. The van der Waals surface area contributed by atoms with Crippen molar-refractivity contribution in [2.75, 3.05) is 19.1 Å². The first kappa shape index (κ1) is 25.0. The summed E-state index contributed by atoms with van der Waals surface area (Å²) in [5.74, 6) is 1.20. The van der Waals surface area contributed by atoms with Gasteiger partial charge in [0.05, 0.1) is 13.2 Å². The molecule has 0 radical (unpaired) electrons. The highest BCUT2D eigenvalue weighted by molar-refractivity contribution is 7.98. The molecule has 2 aromatic rings. The van der Waals surface area contributed by atoms with Gasteiger partial charge < -0.3 is 20.7 Å². The number of nitrogens with one attached hydrogen (secondary N) is 3. The Kier molecular flexibility index (Phi) is 10.2. The maximum absolute atomic E-state index is 12.9. The molecule has 0 aromatic heterocycles. The molecule has 0 saturated carbocycles. The van der Waals surface area contributed by atoms with Crippen LogP contribution in [0.25, 0.3) is 0 Å². The summed E-state index contributed by atoms with van der Waals surface area (Å²) < 4.78 is 5.34. The van der Waals surface area contributed by atoms with Crippen LogP contribution in [0.1, 0.15) is 23.1 Å². The number of halogens is 1. The minimum absolute atomic E-state index is 0. The molecular weight excluding hydrogens is 434 g/mol. The summed E-state index contributed by atoms with van der Waals surface area (Å²) in [7, 11) is 1.61. The van der Waals surface area contributed by atoms with Gasteiger partial charge in [-0.3, -0.25) is 9.59 Å². The number of benzene rings is 2. The van der Waals surface area contributed by atoms with Crippen molar-refractivity contribution in [1.82, 2.24) is 16.0 Å². The van der Waals surface area contributed by atoms with E-state index in [-0.39, 0.29) is 30.3 Å². The van der Waals surface area contributed by atoms with E-state index in [4.69, 9.17) is 4.74 Å². The van der Waals surface area contributed by atoms with Crippen molar-refractivity contribution in [3.05, 3.63) is 65.2 Å². The Hall–Kier alpha value is -2.22. The molecule has 0 aliphatic carbocycles.